The average Bonchev–Trinajstić information content (AvgIpc) is 3.35. The number of carbonyl (C=O) groups excluding carboxylic acids is 2. The number of carbonyl (C=O) groups is 2. The number of fused-ring (bicyclic) bond motifs is 1. The fourth-order valence-electron chi connectivity index (χ4n) is 4.55. The highest BCUT2D eigenvalue weighted by atomic mass is 16.5. The van der Waals surface area contributed by atoms with Crippen LogP contribution in [0.25, 0.3) is 5.65 Å². The van der Waals surface area contributed by atoms with Crippen LogP contribution in [0.3, 0.4) is 0 Å². The van der Waals surface area contributed by atoms with Crippen molar-refractivity contribution in [1.29, 1.82) is 0 Å². The molecule has 0 radical (unpaired) electrons. The number of hydrogen-bond donors (Lipinski definition) is 1. The van der Waals surface area contributed by atoms with Crippen molar-refractivity contribution in [2.45, 2.75) is 32.9 Å². The Hall–Kier alpha value is -4.20. The molecule has 5 rings (SSSR count). The lowest BCUT2D eigenvalue weighted by atomic mass is 9.95. The number of para-hydroxylation sites is 1. The molecule has 1 saturated heterocycles. The number of aromatic nitrogens is 3. The van der Waals surface area contributed by atoms with Gasteiger partial charge in [-0.2, -0.15) is 0 Å². The SMILES string of the molecule is Cc1cccn2cc(COc3ccccc3C(=O)N3CCC(C(=O)NCc4cccnc4)CC3)nc12. The number of pyridine rings is 2. The van der Waals surface area contributed by atoms with Gasteiger partial charge >= 0.3 is 0 Å². The molecule has 0 atom stereocenters. The molecule has 0 unspecified atom stereocenters. The van der Waals surface area contributed by atoms with Crippen molar-refractivity contribution in [1.82, 2.24) is 24.6 Å². The van der Waals surface area contributed by atoms with Crippen LogP contribution in [-0.2, 0) is 17.9 Å². The molecule has 4 heterocycles. The third kappa shape index (κ3) is 5.22. The molecule has 0 spiro atoms. The van der Waals surface area contributed by atoms with Crippen molar-refractivity contribution < 1.29 is 14.3 Å². The van der Waals surface area contributed by atoms with Gasteiger partial charge in [0.05, 0.1) is 11.3 Å². The highest BCUT2D eigenvalue weighted by Crippen LogP contribution is 2.25. The molecule has 4 aromatic rings. The zero-order valence-electron chi connectivity index (χ0n) is 20.3. The van der Waals surface area contributed by atoms with Gasteiger partial charge in [-0.3, -0.25) is 14.6 Å². The lowest BCUT2D eigenvalue weighted by Crippen LogP contribution is -2.43. The summed E-state index contributed by atoms with van der Waals surface area (Å²) in [6.45, 7) is 3.81. The van der Waals surface area contributed by atoms with Crippen LogP contribution in [0.5, 0.6) is 5.75 Å². The predicted molar refractivity (Wildman–Crippen MR) is 135 cm³/mol. The van der Waals surface area contributed by atoms with Crippen LogP contribution in [0.4, 0.5) is 0 Å². The number of amides is 2. The Morgan fingerprint density at radius 1 is 1.08 bits per heavy atom. The van der Waals surface area contributed by atoms with Crippen LogP contribution in [0, 0.1) is 12.8 Å². The standard InChI is InChI=1S/C28H29N5O3/c1-20-6-5-13-33-18-23(31-26(20)33)19-36-25-9-3-2-8-24(25)28(35)32-14-10-22(11-15-32)27(34)30-17-21-7-4-12-29-16-21/h2-9,12-13,16,18,22H,10-11,14-15,17,19H2,1H3,(H,30,34). The second-order valence-electron chi connectivity index (χ2n) is 9.08. The van der Waals surface area contributed by atoms with E-state index in [9.17, 15) is 9.59 Å². The van der Waals surface area contributed by atoms with Crippen LogP contribution in [0.15, 0.2) is 73.3 Å². The predicted octanol–water partition coefficient (Wildman–Crippen LogP) is 3.79. The van der Waals surface area contributed by atoms with Gasteiger partial charge in [0.25, 0.3) is 5.91 Å². The van der Waals surface area contributed by atoms with Gasteiger partial charge in [0.2, 0.25) is 5.91 Å². The number of hydrogen-bond acceptors (Lipinski definition) is 5. The molecule has 1 aliphatic rings. The Morgan fingerprint density at radius 2 is 1.92 bits per heavy atom. The van der Waals surface area contributed by atoms with Gasteiger partial charge < -0.3 is 19.4 Å². The maximum absolute atomic E-state index is 13.3. The lowest BCUT2D eigenvalue weighted by Gasteiger charge is -2.31. The summed E-state index contributed by atoms with van der Waals surface area (Å²) in [6.07, 6.45) is 8.62. The van der Waals surface area contributed by atoms with Gasteiger partial charge in [-0.05, 0) is 55.2 Å². The Labute approximate surface area is 209 Å². The second-order valence-corrected chi connectivity index (χ2v) is 9.08. The quantitative estimate of drug-likeness (QED) is 0.432. The number of nitrogens with zero attached hydrogens (tertiary/aromatic N) is 4. The van der Waals surface area contributed by atoms with Gasteiger partial charge in [0, 0.05) is 50.3 Å². The second kappa shape index (κ2) is 10.6. The molecule has 8 heteroatoms. The summed E-state index contributed by atoms with van der Waals surface area (Å²) in [5.41, 5.74) is 4.27. The number of benzene rings is 1. The molecule has 0 saturated carbocycles. The number of aryl methyl sites for hydroxylation is 1. The van der Waals surface area contributed by atoms with Crippen LogP contribution < -0.4 is 10.1 Å². The highest BCUT2D eigenvalue weighted by molar-refractivity contribution is 5.97. The van der Waals surface area contributed by atoms with Crippen molar-refractivity contribution in [2.75, 3.05) is 13.1 Å². The average molecular weight is 484 g/mol. The van der Waals surface area contributed by atoms with Crippen LogP contribution in [0.1, 0.15) is 40.0 Å². The summed E-state index contributed by atoms with van der Waals surface area (Å²) in [7, 11) is 0. The summed E-state index contributed by atoms with van der Waals surface area (Å²) in [5, 5.41) is 2.99. The summed E-state index contributed by atoms with van der Waals surface area (Å²) in [6, 6.07) is 15.1. The maximum atomic E-state index is 13.3. The smallest absolute Gasteiger partial charge is 0.257 e. The number of likely N-dealkylation sites (tertiary alicyclic amines) is 1. The number of rotatable bonds is 7. The molecule has 184 valence electrons. The summed E-state index contributed by atoms with van der Waals surface area (Å²) in [4.78, 5) is 36.5. The van der Waals surface area contributed by atoms with E-state index in [2.05, 4.69) is 15.3 Å². The van der Waals surface area contributed by atoms with Gasteiger partial charge in [-0.1, -0.05) is 24.3 Å². The van der Waals surface area contributed by atoms with Crippen molar-refractivity contribution in [3.8, 4) is 5.75 Å². The largest absolute Gasteiger partial charge is 0.486 e. The molecule has 2 amide bonds. The van der Waals surface area contributed by atoms with E-state index in [1.165, 1.54) is 0 Å². The van der Waals surface area contributed by atoms with Gasteiger partial charge in [-0.25, -0.2) is 4.98 Å². The van der Waals surface area contributed by atoms with Crippen molar-refractivity contribution in [2.24, 2.45) is 5.92 Å². The minimum Gasteiger partial charge on any atom is -0.486 e. The van der Waals surface area contributed by atoms with Crippen molar-refractivity contribution >= 4 is 17.5 Å². The van der Waals surface area contributed by atoms with Crippen molar-refractivity contribution in [3.05, 3.63) is 95.7 Å². The molecule has 1 fully saturated rings. The highest BCUT2D eigenvalue weighted by Gasteiger charge is 2.29. The summed E-state index contributed by atoms with van der Waals surface area (Å²) in [5.74, 6) is 0.381. The first-order valence-corrected chi connectivity index (χ1v) is 12.2. The molecule has 36 heavy (non-hydrogen) atoms. The molecule has 1 aliphatic heterocycles. The Bertz CT molecular complexity index is 1360. The molecular weight excluding hydrogens is 454 g/mol. The normalized spacial score (nSPS) is 14.1. The third-order valence-corrected chi connectivity index (χ3v) is 6.56. The molecule has 1 aromatic carbocycles. The third-order valence-electron chi connectivity index (χ3n) is 6.56. The Kier molecular flexibility index (Phi) is 6.93. The zero-order valence-corrected chi connectivity index (χ0v) is 20.3. The van der Waals surface area contributed by atoms with Gasteiger partial charge in [0.15, 0.2) is 0 Å². The van der Waals surface area contributed by atoms with E-state index < -0.39 is 0 Å². The van der Waals surface area contributed by atoms with Crippen molar-refractivity contribution in [3.63, 3.8) is 0 Å². The van der Waals surface area contributed by atoms with Gasteiger partial charge in [-0.15, -0.1) is 0 Å². The zero-order chi connectivity index (χ0) is 24.9. The van der Waals surface area contributed by atoms with E-state index in [0.717, 1.165) is 22.5 Å². The van der Waals surface area contributed by atoms with Crippen LogP contribution in [-0.4, -0.2) is 44.2 Å². The molecule has 8 nitrogen and oxygen atoms in total. The Morgan fingerprint density at radius 3 is 2.69 bits per heavy atom. The summed E-state index contributed by atoms with van der Waals surface area (Å²) < 4.78 is 8.02. The van der Waals surface area contributed by atoms with Gasteiger partial charge in [0.1, 0.15) is 18.0 Å². The first kappa shape index (κ1) is 23.5. The van der Waals surface area contributed by atoms with Crippen LogP contribution >= 0.6 is 0 Å². The summed E-state index contributed by atoms with van der Waals surface area (Å²) >= 11 is 0. The molecular formula is C28H29N5O3. The van der Waals surface area contributed by atoms with E-state index in [1.54, 1.807) is 23.4 Å². The topological polar surface area (TPSA) is 88.8 Å². The molecule has 3 aromatic heterocycles. The van der Waals surface area contributed by atoms with E-state index in [0.29, 0.717) is 43.8 Å². The molecule has 0 bridgehead atoms. The lowest BCUT2D eigenvalue weighted by molar-refractivity contribution is -0.126. The minimum absolute atomic E-state index is 0.0253. The van der Waals surface area contributed by atoms with E-state index >= 15 is 0 Å². The fraction of sp³-hybridized carbons (Fsp3) is 0.286. The Balaban J connectivity index is 1.18. The number of ether oxygens (including phenoxy) is 1. The minimum atomic E-state index is -0.101. The number of nitrogens with one attached hydrogen (secondary N) is 1. The van der Waals surface area contributed by atoms with E-state index in [4.69, 9.17) is 4.74 Å². The monoisotopic (exact) mass is 483 g/mol. The first-order chi connectivity index (χ1) is 17.6. The van der Waals surface area contributed by atoms with E-state index in [-0.39, 0.29) is 24.3 Å². The molecule has 1 N–H and O–H groups in total. The van der Waals surface area contributed by atoms with E-state index in [1.807, 2.05) is 66.2 Å². The maximum Gasteiger partial charge on any atom is 0.257 e. The first-order valence-electron chi connectivity index (χ1n) is 12.2. The van der Waals surface area contributed by atoms with Crippen LogP contribution in [0.2, 0.25) is 0 Å². The molecule has 0 aliphatic carbocycles. The number of imidazole rings is 1. The fourth-order valence-corrected chi connectivity index (χ4v) is 4.55. The number of piperidine rings is 1.